The van der Waals surface area contributed by atoms with Crippen LogP contribution in [0.4, 0.5) is 0 Å². The summed E-state index contributed by atoms with van der Waals surface area (Å²) >= 11 is 0. The number of nitrogens with zero attached hydrogens (tertiary/aromatic N) is 1. The van der Waals surface area contributed by atoms with E-state index in [0.717, 1.165) is 12.8 Å². The zero-order valence-electron chi connectivity index (χ0n) is 14.4. The van der Waals surface area contributed by atoms with E-state index in [0.29, 0.717) is 11.8 Å². The highest BCUT2D eigenvalue weighted by Crippen LogP contribution is 2.13. The summed E-state index contributed by atoms with van der Waals surface area (Å²) < 4.78 is 0. The lowest BCUT2D eigenvalue weighted by molar-refractivity contribution is -0.306. The van der Waals surface area contributed by atoms with E-state index in [1.54, 1.807) is 0 Å². The van der Waals surface area contributed by atoms with Gasteiger partial charge in [0, 0.05) is 0 Å². The van der Waals surface area contributed by atoms with Crippen LogP contribution in [-0.2, 0) is 0 Å². The van der Waals surface area contributed by atoms with Crippen LogP contribution in [0.1, 0.15) is 110 Å². The Balaban J connectivity index is 2.93. The van der Waals surface area contributed by atoms with Crippen molar-refractivity contribution in [1.82, 2.24) is 5.23 Å². The SMILES string of the molecule is CCCCCCCCCCCCCCCCCCN(O)O. The van der Waals surface area contributed by atoms with Crippen LogP contribution in [0.25, 0.3) is 0 Å². The van der Waals surface area contributed by atoms with Crippen molar-refractivity contribution in [2.45, 2.75) is 110 Å². The minimum absolute atomic E-state index is 0.295. The van der Waals surface area contributed by atoms with Crippen LogP contribution >= 0.6 is 0 Å². The molecule has 128 valence electrons. The van der Waals surface area contributed by atoms with Crippen LogP contribution in [0, 0.1) is 0 Å². The van der Waals surface area contributed by atoms with Crippen LogP contribution < -0.4 is 0 Å². The molecule has 0 aromatic heterocycles. The number of hydrogen-bond donors (Lipinski definition) is 2. The lowest BCUT2D eigenvalue weighted by Gasteiger charge is -2.05. The molecule has 0 aromatic rings. The topological polar surface area (TPSA) is 43.7 Å². The van der Waals surface area contributed by atoms with Gasteiger partial charge in [0.1, 0.15) is 0 Å². The average molecular weight is 302 g/mol. The average Bonchev–Trinajstić information content (AvgIpc) is 2.46. The Kier molecular flexibility index (Phi) is 17.8. The molecule has 0 aliphatic heterocycles. The molecule has 0 radical (unpaired) electrons. The van der Waals surface area contributed by atoms with E-state index in [4.69, 9.17) is 10.4 Å². The predicted octanol–water partition coefficient (Wildman–Crippen LogP) is 6.33. The molecule has 0 aliphatic rings. The van der Waals surface area contributed by atoms with E-state index < -0.39 is 0 Å². The molecule has 0 saturated heterocycles. The summed E-state index contributed by atoms with van der Waals surface area (Å²) in [5.41, 5.74) is 0. The van der Waals surface area contributed by atoms with Crippen molar-refractivity contribution in [2.24, 2.45) is 0 Å². The third-order valence-corrected chi connectivity index (χ3v) is 4.21. The summed E-state index contributed by atoms with van der Waals surface area (Å²) in [7, 11) is 0. The summed E-state index contributed by atoms with van der Waals surface area (Å²) in [5.74, 6) is 0. The monoisotopic (exact) mass is 301 g/mol. The van der Waals surface area contributed by atoms with Gasteiger partial charge in [-0.2, -0.15) is 0 Å². The van der Waals surface area contributed by atoms with Crippen LogP contribution in [-0.4, -0.2) is 22.2 Å². The van der Waals surface area contributed by atoms with E-state index in [-0.39, 0.29) is 0 Å². The second kappa shape index (κ2) is 17.9. The second-order valence-electron chi connectivity index (χ2n) is 6.40. The molecule has 0 aromatic carbocycles. The van der Waals surface area contributed by atoms with Gasteiger partial charge in [0.15, 0.2) is 0 Å². The molecule has 0 heterocycles. The Morgan fingerprint density at radius 3 is 1.05 bits per heavy atom. The minimum atomic E-state index is 0.295. The van der Waals surface area contributed by atoms with Gasteiger partial charge >= 0.3 is 0 Å². The number of hydroxylamine groups is 2. The highest BCUT2D eigenvalue weighted by molar-refractivity contribution is 4.50. The first-order valence-corrected chi connectivity index (χ1v) is 9.42. The minimum Gasteiger partial charge on any atom is -0.290 e. The molecule has 0 amide bonds. The molecule has 0 atom stereocenters. The third kappa shape index (κ3) is 19.9. The summed E-state index contributed by atoms with van der Waals surface area (Å²) in [6.07, 6.45) is 21.4. The van der Waals surface area contributed by atoms with E-state index in [9.17, 15) is 0 Å². The van der Waals surface area contributed by atoms with Gasteiger partial charge in [-0.1, -0.05) is 108 Å². The maximum atomic E-state index is 8.56. The van der Waals surface area contributed by atoms with Crippen molar-refractivity contribution < 1.29 is 10.4 Å². The van der Waals surface area contributed by atoms with Crippen molar-refractivity contribution in [3.63, 3.8) is 0 Å². The third-order valence-electron chi connectivity index (χ3n) is 4.21. The van der Waals surface area contributed by atoms with Crippen LogP contribution in [0.15, 0.2) is 0 Å². The van der Waals surface area contributed by atoms with Crippen LogP contribution in [0.5, 0.6) is 0 Å². The zero-order valence-corrected chi connectivity index (χ0v) is 14.4. The standard InChI is InChI=1S/C18H39NO2/c1-2-3-4-5-6-7-8-9-10-11-12-13-14-15-16-17-18-19(20)21/h20-21H,2-18H2,1H3. The highest BCUT2D eigenvalue weighted by atomic mass is 16.8. The number of rotatable bonds is 17. The van der Waals surface area contributed by atoms with Crippen molar-refractivity contribution in [3.8, 4) is 0 Å². The Bertz CT molecular complexity index is 186. The van der Waals surface area contributed by atoms with Crippen molar-refractivity contribution in [3.05, 3.63) is 0 Å². The van der Waals surface area contributed by atoms with Crippen molar-refractivity contribution >= 4 is 0 Å². The van der Waals surface area contributed by atoms with Gasteiger partial charge in [0.2, 0.25) is 0 Å². The van der Waals surface area contributed by atoms with E-state index in [1.807, 2.05) is 0 Å². The largest absolute Gasteiger partial charge is 0.290 e. The Morgan fingerprint density at radius 1 is 0.476 bits per heavy atom. The van der Waals surface area contributed by atoms with Gasteiger partial charge in [-0.05, 0) is 6.42 Å². The molecule has 0 aliphatic carbocycles. The summed E-state index contributed by atoms with van der Waals surface area (Å²) in [6.45, 7) is 2.65. The van der Waals surface area contributed by atoms with Gasteiger partial charge in [-0.15, -0.1) is 0 Å². The van der Waals surface area contributed by atoms with Gasteiger partial charge in [0.25, 0.3) is 0 Å². The first kappa shape index (κ1) is 20.9. The molecule has 0 saturated carbocycles. The molecule has 0 spiro atoms. The highest BCUT2D eigenvalue weighted by Gasteiger charge is 1.96. The molecule has 3 heteroatoms. The Hall–Kier alpha value is -0.120. The maximum absolute atomic E-state index is 8.56. The van der Waals surface area contributed by atoms with Gasteiger partial charge < -0.3 is 0 Å². The van der Waals surface area contributed by atoms with Gasteiger partial charge in [-0.3, -0.25) is 10.4 Å². The summed E-state index contributed by atoms with van der Waals surface area (Å²) in [5, 5.41) is 17.4. The fourth-order valence-electron chi connectivity index (χ4n) is 2.80. The first-order valence-electron chi connectivity index (χ1n) is 9.42. The molecular weight excluding hydrogens is 262 g/mol. The Labute approximate surface area is 132 Å². The molecule has 0 fully saturated rings. The Morgan fingerprint density at radius 2 is 0.762 bits per heavy atom. The van der Waals surface area contributed by atoms with Crippen molar-refractivity contribution in [2.75, 3.05) is 6.54 Å². The lowest BCUT2D eigenvalue weighted by atomic mass is 10.0. The van der Waals surface area contributed by atoms with E-state index in [2.05, 4.69) is 6.92 Å². The van der Waals surface area contributed by atoms with Crippen LogP contribution in [0.2, 0.25) is 0 Å². The molecule has 21 heavy (non-hydrogen) atoms. The zero-order chi connectivity index (χ0) is 15.6. The van der Waals surface area contributed by atoms with Gasteiger partial charge in [-0.25, -0.2) is 0 Å². The fraction of sp³-hybridized carbons (Fsp3) is 1.00. The molecule has 2 N–H and O–H groups in total. The van der Waals surface area contributed by atoms with Gasteiger partial charge in [0.05, 0.1) is 6.54 Å². The molecule has 0 unspecified atom stereocenters. The second-order valence-corrected chi connectivity index (χ2v) is 6.40. The summed E-state index contributed by atoms with van der Waals surface area (Å²) in [6, 6.07) is 0. The van der Waals surface area contributed by atoms with E-state index >= 15 is 0 Å². The fourth-order valence-corrected chi connectivity index (χ4v) is 2.80. The van der Waals surface area contributed by atoms with E-state index in [1.165, 1.54) is 89.9 Å². The molecular formula is C18H39NO2. The van der Waals surface area contributed by atoms with Crippen LogP contribution in [0.3, 0.4) is 0 Å². The molecule has 0 bridgehead atoms. The predicted molar refractivity (Wildman–Crippen MR) is 89.8 cm³/mol. The normalized spacial score (nSPS) is 11.4. The smallest absolute Gasteiger partial charge is 0.0512 e. The maximum Gasteiger partial charge on any atom is 0.0512 e. The quantitative estimate of drug-likeness (QED) is 0.244. The van der Waals surface area contributed by atoms with Crippen molar-refractivity contribution in [1.29, 1.82) is 0 Å². The lowest BCUT2D eigenvalue weighted by Crippen LogP contribution is -2.14. The molecule has 0 rings (SSSR count). The molecule has 3 nitrogen and oxygen atoms in total. The number of hydrogen-bond acceptors (Lipinski definition) is 3. The first-order chi connectivity index (χ1) is 10.3. The summed E-state index contributed by atoms with van der Waals surface area (Å²) in [4.78, 5) is 0. The number of unbranched alkanes of at least 4 members (excludes halogenated alkanes) is 15.